The molecule has 0 unspecified atom stereocenters. The van der Waals surface area contributed by atoms with Gasteiger partial charge in [-0.2, -0.15) is 0 Å². The zero-order valence-corrected chi connectivity index (χ0v) is 20.3. The summed E-state index contributed by atoms with van der Waals surface area (Å²) in [5, 5.41) is 2.83. The van der Waals surface area contributed by atoms with Crippen LogP contribution in [-0.4, -0.2) is 40.7 Å². The van der Waals surface area contributed by atoms with E-state index in [-0.39, 0.29) is 22.3 Å². The van der Waals surface area contributed by atoms with Crippen LogP contribution in [0, 0.1) is 0 Å². The number of fused-ring (bicyclic) bond motifs is 2. The summed E-state index contributed by atoms with van der Waals surface area (Å²) in [7, 11) is -3.80. The second-order valence-corrected chi connectivity index (χ2v) is 10.4. The fourth-order valence-electron chi connectivity index (χ4n) is 4.10. The Bertz CT molecular complexity index is 1380. The van der Waals surface area contributed by atoms with Gasteiger partial charge < -0.3 is 19.5 Å². The Labute approximate surface area is 208 Å². The number of ether oxygens (including phenoxy) is 3. The Balaban J connectivity index is 1.25. The number of benzene rings is 3. The number of para-hydroxylation sites is 1. The number of nitrogens with zero attached hydrogens (tertiary/aromatic N) is 1. The number of nitrogens with one attached hydrogen (secondary N) is 1. The van der Waals surface area contributed by atoms with Gasteiger partial charge in [0, 0.05) is 18.3 Å². The average Bonchev–Trinajstić information content (AvgIpc) is 2.87. The molecule has 2 aliphatic rings. The van der Waals surface area contributed by atoms with Gasteiger partial charge in [0.05, 0.1) is 15.6 Å². The third kappa shape index (κ3) is 4.87. The van der Waals surface area contributed by atoms with Crippen LogP contribution >= 0.6 is 11.6 Å². The number of amides is 1. The Kier molecular flexibility index (Phi) is 6.44. The van der Waals surface area contributed by atoms with Gasteiger partial charge in [0.2, 0.25) is 0 Å². The predicted octanol–water partition coefficient (Wildman–Crippen LogP) is 4.27. The van der Waals surface area contributed by atoms with Crippen LogP contribution < -0.4 is 23.8 Å². The highest BCUT2D eigenvalue weighted by Gasteiger charge is 2.29. The molecule has 2 heterocycles. The minimum Gasteiger partial charge on any atom is -0.486 e. The summed E-state index contributed by atoms with van der Waals surface area (Å²) < 4.78 is 44.6. The number of sulfonamides is 1. The Hall–Kier alpha value is -3.43. The predicted molar refractivity (Wildman–Crippen MR) is 132 cm³/mol. The zero-order chi connectivity index (χ0) is 24.4. The van der Waals surface area contributed by atoms with Crippen LogP contribution in [0.15, 0.2) is 65.6 Å². The summed E-state index contributed by atoms with van der Waals surface area (Å²) in [5.41, 5.74) is 2.22. The largest absolute Gasteiger partial charge is 0.486 e. The first kappa shape index (κ1) is 23.3. The van der Waals surface area contributed by atoms with E-state index in [4.69, 9.17) is 25.8 Å². The molecule has 0 aromatic heterocycles. The lowest BCUT2D eigenvalue weighted by molar-refractivity contribution is -0.118. The quantitative estimate of drug-likeness (QED) is 0.528. The minimum absolute atomic E-state index is 0.0623. The van der Waals surface area contributed by atoms with E-state index in [0.29, 0.717) is 42.6 Å². The van der Waals surface area contributed by atoms with E-state index in [9.17, 15) is 13.2 Å². The van der Waals surface area contributed by atoms with E-state index in [1.807, 2.05) is 24.3 Å². The van der Waals surface area contributed by atoms with Gasteiger partial charge in [0.1, 0.15) is 19.0 Å². The Morgan fingerprint density at radius 3 is 2.66 bits per heavy atom. The van der Waals surface area contributed by atoms with Crippen molar-refractivity contribution in [1.82, 2.24) is 0 Å². The fraction of sp³-hybridized carbons (Fsp3) is 0.240. The maximum Gasteiger partial charge on any atom is 0.264 e. The minimum atomic E-state index is -3.80. The lowest BCUT2D eigenvalue weighted by atomic mass is 10.0. The van der Waals surface area contributed by atoms with E-state index >= 15 is 0 Å². The van der Waals surface area contributed by atoms with Crippen LogP contribution in [0.25, 0.3) is 0 Å². The number of rotatable bonds is 6. The summed E-state index contributed by atoms with van der Waals surface area (Å²) in [6, 6.07) is 16.8. The molecule has 3 aromatic carbocycles. The molecular weight excluding hydrogens is 492 g/mol. The van der Waals surface area contributed by atoms with Crippen LogP contribution in [-0.2, 0) is 21.2 Å². The molecule has 1 amide bonds. The van der Waals surface area contributed by atoms with Crippen molar-refractivity contribution >= 4 is 38.9 Å². The maximum atomic E-state index is 13.3. The van der Waals surface area contributed by atoms with Crippen molar-refractivity contribution in [3.05, 3.63) is 71.2 Å². The number of halogens is 1. The molecule has 0 saturated heterocycles. The van der Waals surface area contributed by atoms with Gasteiger partial charge in [-0.3, -0.25) is 9.10 Å². The van der Waals surface area contributed by atoms with Crippen molar-refractivity contribution in [2.75, 3.05) is 36.0 Å². The highest BCUT2D eigenvalue weighted by atomic mass is 35.5. The third-order valence-electron chi connectivity index (χ3n) is 5.74. The van der Waals surface area contributed by atoms with Gasteiger partial charge in [-0.1, -0.05) is 29.8 Å². The summed E-state index contributed by atoms with van der Waals surface area (Å²) in [5.74, 6) is 0.993. The SMILES string of the molecule is O=C(COc1ccc(S(=O)(=O)N2CCCc3ccccc32)cc1Cl)Nc1ccc2c(c1)OCCO2. The van der Waals surface area contributed by atoms with E-state index in [1.165, 1.54) is 22.5 Å². The number of hydrogen-bond acceptors (Lipinski definition) is 6. The maximum absolute atomic E-state index is 13.3. The van der Waals surface area contributed by atoms with Gasteiger partial charge in [-0.05, 0) is 54.8 Å². The van der Waals surface area contributed by atoms with Crippen molar-refractivity contribution < 1.29 is 27.4 Å². The molecule has 0 radical (unpaired) electrons. The van der Waals surface area contributed by atoms with E-state index in [0.717, 1.165) is 18.4 Å². The normalized spacial score (nSPS) is 14.7. The van der Waals surface area contributed by atoms with Gasteiger partial charge in [-0.25, -0.2) is 8.42 Å². The monoisotopic (exact) mass is 514 g/mol. The summed E-state index contributed by atoms with van der Waals surface area (Å²) in [6.45, 7) is 1.02. The van der Waals surface area contributed by atoms with E-state index < -0.39 is 15.9 Å². The molecule has 0 atom stereocenters. The standard InChI is InChI=1S/C25H23ClN2O6S/c26-20-15-19(35(30,31)28-11-3-5-17-4-1-2-6-21(17)28)8-10-22(20)34-16-25(29)27-18-7-9-23-24(14-18)33-13-12-32-23/h1-2,4,6-10,14-15H,3,5,11-13,16H2,(H,27,29). The first-order chi connectivity index (χ1) is 16.9. The highest BCUT2D eigenvalue weighted by Crippen LogP contribution is 2.35. The molecule has 182 valence electrons. The first-order valence-corrected chi connectivity index (χ1v) is 13.0. The molecule has 1 N–H and O–H groups in total. The van der Waals surface area contributed by atoms with Gasteiger partial charge in [0.25, 0.3) is 15.9 Å². The van der Waals surface area contributed by atoms with Crippen LogP contribution in [0.4, 0.5) is 11.4 Å². The second-order valence-electron chi connectivity index (χ2n) is 8.10. The molecule has 8 nitrogen and oxygen atoms in total. The second kappa shape index (κ2) is 9.67. The number of carbonyl (C=O) groups is 1. The van der Waals surface area contributed by atoms with Crippen molar-refractivity contribution in [2.24, 2.45) is 0 Å². The van der Waals surface area contributed by atoms with E-state index in [1.54, 1.807) is 18.2 Å². The molecule has 2 aliphatic heterocycles. The van der Waals surface area contributed by atoms with E-state index in [2.05, 4.69) is 5.32 Å². The van der Waals surface area contributed by atoms with Crippen LogP contribution in [0.1, 0.15) is 12.0 Å². The van der Waals surface area contributed by atoms with Crippen LogP contribution in [0.3, 0.4) is 0 Å². The van der Waals surface area contributed by atoms with Gasteiger partial charge in [0.15, 0.2) is 18.1 Å². The van der Waals surface area contributed by atoms with Crippen molar-refractivity contribution in [1.29, 1.82) is 0 Å². The highest BCUT2D eigenvalue weighted by molar-refractivity contribution is 7.92. The topological polar surface area (TPSA) is 94.2 Å². The number of aryl methyl sites for hydroxylation is 1. The first-order valence-electron chi connectivity index (χ1n) is 11.1. The molecular formula is C25H23ClN2O6S. The number of anilines is 2. The van der Waals surface area contributed by atoms with Gasteiger partial charge >= 0.3 is 0 Å². The lowest BCUT2D eigenvalue weighted by Gasteiger charge is -2.30. The van der Waals surface area contributed by atoms with Crippen LogP contribution in [0.2, 0.25) is 5.02 Å². The number of hydrogen-bond donors (Lipinski definition) is 1. The lowest BCUT2D eigenvalue weighted by Crippen LogP contribution is -2.35. The summed E-state index contributed by atoms with van der Waals surface area (Å²) in [6.07, 6.45) is 1.58. The molecule has 0 saturated carbocycles. The smallest absolute Gasteiger partial charge is 0.264 e. The third-order valence-corrected chi connectivity index (χ3v) is 7.85. The molecule has 10 heteroatoms. The summed E-state index contributed by atoms with van der Waals surface area (Å²) >= 11 is 6.33. The molecule has 5 rings (SSSR count). The number of carbonyl (C=O) groups excluding carboxylic acids is 1. The summed E-state index contributed by atoms with van der Waals surface area (Å²) in [4.78, 5) is 12.4. The molecule has 0 bridgehead atoms. The van der Waals surface area contributed by atoms with Crippen molar-refractivity contribution in [2.45, 2.75) is 17.7 Å². The average molecular weight is 515 g/mol. The molecule has 3 aromatic rings. The van der Waals surface area contributed by atoms with Crippen molar-refractivity contribution in [3.8, 4) is 17.2 Å². The Morgan fingerprint density at radius 1 is 1.03 bits per heavy atom. The molecule has 35 heavy (non-hydrogen) atoms. The molecule has 0 fully saturated rings. The van der Waals surface area contributed by atoms with Gasteiger partial charge in [-0.15, -0.1) is 0 Å². The molecule has 0 spiro atoms. The zero-order valence-electron chi connectivity index (χ0n) is 18.7. The Morgan fingerprint density at radius 2 is 1.83 bits per heavy atom. The van der Waals surface area contributed by atoms with Crippen LogP contribution in [0.5, 0.6) is 17.2 Å². The molecule has 0 aliphatic carbocycles. The fourth-order valence-corrected chi connectivity index (χ4v) is 5.96. The van der Waals surface area contributed by atoms with Crippen molar-refractivity contribution in [3.63, 3.8) is 0 Å².